The minimum atomic E-state index is -0.138. The molecule has 0 unspecified atom stereocenters. The number of anilines is 1. The van der Waals surface area contributed by atoms with Crippen LogP contribution in [0.5, 0.6) is 0 Å². The number of hydrogen-bond acceptors (Lipinski definition) is 4. The van der Waals surface area contributed by atoms with Gasteiger partial charge >= 0.3 is 0 Å². The van der Waals surface area contributed by atoms with Crippen LogP contribution in [0, 0.1) is 0 Å². The predicted octanol–water partition coefficient (Wildman–Crippen LogP) is 6.18. The van der Waals surface area contributed by atoms with Crippen LogP contribution in [0.4, 0.5) is 5.69 Å². The Morgan fingerprint density at radius 2 is 1.64 bits per heavy atom. The Morgan fingerprint density at radius 1 is 0.879 bits per heavy atom. The molecule has 0 fully saturated rings. The van der Waals surface area contributed by atoms with Crippen LogP contribution in [0.1, 0.15) is 15.9 Å². The third-order valence-electron chi connectivity index (χ3n) is 5.46. The molecular weight excluding hydrogens is 428 g/mol. The molecule has 162 valence electrons. The average Bonchev–Trinajstić information content (AvgIpc) is 3.23. The second-order valence-corrected chi connectivity index (χ2v) is 8.64. The fourth-order valence-corrected chi connectivity index (χ4v) is 4.64. The molecule has 33 heavy (non-hydrogen) atoms. The summed E-state index contributed by atoms with van der Waals surface area (Å²) in [7, 11) is 1.96. The Morgan fingerprint density at radius 3 is 2.52 bits per heavy atom. The molecule has 0 aliphatic carbocycles. The van der Waals surface area contributed by atoms with Crippen molar-refractivity contribution in [1.29, 1.82) is 0 Å². The largest absolute Gasteiger partial charge is 0.322 e. The topological polar surface area (TPSA) is 59.8 Å². The number of aromatic nitrogens is 3. The highest BCUT2D eigenvalue weighted by molar-refractivity contribution is 7.98. The van der Waals surface area contributed by atoms with Crippen LogP contribution in [0.3, 0.4) is 0 Å². The summed E-state index contributed by atoms with van der Waals surface area (Å²) < 4.78 is 1.99. The lowest BCUT2D eigenvalue weighted by molar-refractivity contribution is 0.102. The van der Waals surface area contributed by atoms with Crippen LogP contribution >= 0.6 is 11.8 Å². The summed E-state index contributed by atoms with van der Waals surface area (Å²) in [6.45, 7) is 0. The Kier molecular flexibility index (Phi) is 5.91. The maximum Gasteiger partial charge on any atom is 0.256 e. The van der Waals surface area contributed by atoms with Gasteiger partial charge in [-0.3, -0.25) is 4.79 Å². The highest BCUT2D eigenvalue weighted by Crippen LogP contribution is 2.27. The van der Waals surface area contributed by atoms with Crippen LogP contribution in [0.2, 0.25) is 0 Å². The first kappa shape index (κ1) is 21.0. The van der Waals surface area contributed by atoms with E-state index in [4.69, 9.17) is 0 Å². The number of thioether (sulfide) groups is 1. The van der Waals surface area contributed by atoms with Crippen LogP contribution in [0.15, 0.2) is 102 Å². The zero-order valence-corrected chi connectivity index (χ0v) is 18.9. The van der Waals surface area contributed by atoms with Gasteiger partial charge in [-0.2, -0.15) is 0 Å². The zero-order chi connectivity index (χ0) is 22.6. The molecule has 1 heterocycles. The molecule has 6 heteroatoms. The Balaban J connectivity index is 1.35. The van der Waals surface area contributed by atoms with Crippen molar-refractivity contribution in [3.05, 3.63) is 108 Å². The Hall–Kier alpha value is -3.90. The molecule has 0 bridgehead atoms. The third kappa shape index (κ3) is 4.52. The smallest absolute Gasteiger partial charge is 0.256 e. The lowest BCUT2D eigenvalue weighted by Gasteiger charge is -2.10. The van der Waals surface area contributed by atoms with Crippen molar-refractivity contribution in [2.45, 2.75) is 10.9 Å². The molecule has 5 nitrogen and oxygen atoms in total. The summed E-state index contributed by atoms with van der Waals surface area (Å²) in [4.78, 5) is 13.0. The summed E-state index contributed by atoms with van der Waals surface area (Å²) in [6, 6.07) is 31.7. The van der Waals surface area contributed by atoms with Crippen molar-refractivity contribution < 1.29 is 4.79 Å². The number of carbonyl (C=O) groups excluding carboxylic acids is 1. The van der Waals surface area contributed by atoms with Gasteiger partial charge in [0.05, 0.1) is 0 Å². The Bertz CT molecular complexity index is 1420. The lowest BCUT2D eigenvalue weighted by atomic mass is 10.0. The average molecular weight is 451 g/mol. The standard InChI is InChI=1S/C27H22N4OS/c1-31-25(29-30-27(31)33-18-19-9-3-2-4-10-19)21-13-7-14-22(17-21)28-26(32)24-16-8-12-20-11-5-6-15-23(20)24/h2-17H,18H2,1H3,(H,28,32). The van der Waals surface area contributed by atoms with Gasteiger partial charge in [0.1, 0.15) is 0 Å². The first-order valence-electron chi connectivity index (χ1n) is 10.6. The molecule has 0 saturated heterocycles. The maximum absolute atomic E-state index is 13.0. The summed E-state index contributed by atoms with van der Waals surface area (Å²) in [5.41, 5.74) is 3.50. The Labute approximate surface area is 196 Å². The van der Waals surface area contributed by atoms with E-state index in [2.05, 4.69) is 27.6 Å². The van der Waals surface area contributed by atoms with Crippen LogP contribution in [-0.4, -0.2) is 20.7 Å². The van der Waals surface area contributed by atoms with E-state index in [-0.39, 0.29) is 5.91 Å². The molecule has 1 aromatic heterocycles. The van der Waals surface area contributed by atoms with E-state index in [9.17, 15) is 4.79 Å². The molecule has 4 aromatic carbocycles. The highest BCUT2D eigenvalue weighted by atomic mass is 32.2. The predicted molar refractivity (Wildman–Crippen MR) is 134 cm³/mol. The normalized spacial score (nSPS) is 10.9. The van der Waals surface area contributed by atoms with E-state index in [1.807, 2.05) is 96.5 Å². The fourth-order valence-electron chi connectivity index (χ4n) is 3.77. The van der Waals surface area contributed by atoms with Gasteiger partial charge in [-0.05, 0) is 34.5 Å². The van der Waals surface area contributed by atoms with E-state index in [0.29, 0.717) is 11.3 Å². The van der Waals surface area contributed by atoms with Gasteiger partial charge in [-0.15, -0.1) is 10.2 Å². The van der Waals surface area contributed by atoms with E-state index in [1.54, 1.807) is 11.8 Å². The summed E-state index contributed by atoms with van der Waals surface area (Å²) in [5, 5.41) is 14.6. The van der Waals surface area contributed by atoms with Crippen molar-refractivity contribution in [2.24, 2.45) is 7.05 Å². The molecular formula is C27H22N4OS. The van der Waals surface area contributed by atoms with Crippen LogP contribution in [-0.2, 0) is 12.8 Å². The van der Waals surface area contributed by atoms with E-state index in [0.717, 1.165) is 33.1 Å². The molecule has 0 saturated carbocycles. The molecule has 0 atom stereocenters. The number of hydrogen-bond donors (Lipinski definition) is 1. The number of rotatable bonds is 6. The van der Waals surface area contributed by atoms with Crippen LogP contribution in [0.25, 0.3) is 22.2 Å². The van der Waals surface area contributed by atoms with Gasteiger partial charge in [0.25, 0.3) is 5.91 Å². The molecule has 1 amide bonds. The second kappa shape index (κ2) is 9.30. The summed E-state index contributed by atoms with van der Waals surface area (Å²) in [6.07, 6.45) is 0. The molecule has 0 spiro atoms. The SMILES string of the molecule is Cn1c(SCc2ccccc2)nnc1-c1cccc(NC(=O)c2cccc3ccccc23)c1. The molecule has 5 rings (SSSR count). The molecule has 1 N–H and O–H groups in total. The van der Waals surface area contributed by atoms with E-state index < -0.39 is 0 Å². The lowest BCUT2D eigenvalue weighted by Crippen LogP contribution is -2.12. The number of carbonyl (C=O) groups is 1. The van der Waals surface area contributed by atoms with Gasteiger partial charge in [0, 0.05) is 29.6 Å². The molecule has 0 aliphatic rings. The minimum absolute atomic E-state index is 0.138. The van der Waals surface area contributed by atoms with Gasteiger partial charge in [0.15, 0.2) is 11.0 Å². The number of nitrogens with zero attached hydrogens (tertiary/aromatic N) is 3. The van der Waals surface area contributed by atoms with Crippen molar-refractivity contribution in [1.82, 2.24) is 14.8 Å². The molecule has 0 radical (unpaired) electrons. The first-order chi connectivity index (χ1) is 16.2. The minimum Gasteiger partial charge on any atom is -0.322 e. The summed E-state index contributed by atoms with van der Waals surface area (Å²) >= 11 is 1.65. The second-order valence-electron chi connectivity index (χ2n) is 7.70. The van der Waals surface area contributed by atoms with Crippen LogP contribution < -0.4 is 5.32 Å². The summed E-state index contributed by atoms with van der Waals surface area (Å²) in [5.74, 6) is 1.45. The van der Waals surface area contributed by atoms with Gasteiger partial charge in [-0.1, -0.05) is 90.6 Å². The fraction of sp³-hybridized carbons (Fsp3) is 0.0741. The first-order valence-corrected chi connectivity index (χ1v) is 11.6. The van der Waals surface area contributed by atoms with Crippen molar-refractivity contribution in [3.8, 4) is 11.4 Å². The monoisotopic (exact) mass is 450 g/mol. The number of amides is 1. The maximum atomic E-state index is 13.0. The van der Waals surface area contributed by atoms with E-state index >= 15 is 0 Å². The number of fused-ring (bicyclic) bond motifs is 1. The van der Waals surface area contributed by atoms with Gasteiger partial charge in [0.2, 0.25) is 0 Å². The molecule has 5 aromatic rings. The zero-order valence-electron chi connectivity index (χ0n) is 18.1. The number of nitrogens with one attached hydrogen (secondary N) is 1. The van der Waals surface area contributed by atoms with Crippen molar-refractivity contribution in [3.63, 3.8) is 0 Å². The third-order valence-corrected chi connectivity index (χ3v) is 6.55. The van der Waals surface area contributed by atoms with Crippen molar-refractivity contribution >= 4 is 34.1 Å². The molecule has 0 aliphatic heterocycles. The van der Waals surface area contributed by atoms with Gasteiger partial charge < -0.3 is 9.88 Å². The number of benzene rings is 4. The highest BCUT2D eigenvalue weighted by Gasteiger charge is 2.14. The quantitative estimate of drug-likeness (QED) is 0.314. The van der Waals surface area contributed by atoms with E-state index in [1.165, 1.54) is 5.56 Å². The van der Waals surface area contributed by atoms with Crippen molar-refractivity contribution in [2.75, 3.05) is 5.32 Å². The van der Waals surface area contributed by atoms with Gasteiger partial charge in [-0.25, -0.2) is 0 Å².